The molecule has 1 aliphatic heterocycles. The molecule has 1 aromatic rings. The molecule has 1 heterocycles. The molecule has 3 atom stereocenters. The van der Waals surface area contributed by atoms with E-state index in [0.29, 0.717) is 11.5 Å². The Balaban J connectivity index is 2.03. The summed E-state index contributed by atoms with van der Waals surface area (Å²) in [6, 6.07) is 5.61. The zero-order valence-corrected chi connectivity index (χ0v) is 11.7. The van der Waals surface area contributed by atoms with E-state index in [1.807, 2.05) is 6.92 Å². The molecule has 20 heavy (non-hydrogen) atoms. The highest BCUT2D eigenvalue weighted by atomic mass is 19.4. The van der Waals surface area contributed by atoms with Crippen molar-refractivity contribution in [1.29, 1.82) is 0 Å². The first-order valence-electron chi connectivity index (χ1n) is 6.89. The number of hydrogen-bond acceptors (Lipinski definition) is 2. The molecule has 0 radical (unpaired) electrons. The van der Waals surface area contributed by atoms with E-state index >= 15 is 0 Å². The summed E-state index contributed by atoms with van der Waals surface area (Å²) in [4.78, 5) is 0. The van der Waals surface area contributed by atoms with E-state index in [1.165, 1.54) is 12.1 Å². The van der Waals surface area contributed by atoms with Crippen LogP contribution in [0.5, 0.6) is 0 Å². The van der Waals surface area contributed by atoms with Crippen LogP contribution in [-0.2, 0) is 10.9 Å². The summed E-state index contributed by atoms with van der Waals surface area (Å²) in [7, 11) is 0. The average Bonchev–Trinajstić information content (AvgIpc) is 2.91. The molecular weight excluding hydrogens is 267 g/mol. The second kappa shape index (κ2) is 6.14. The third-order valence-electron chi connectivity index (χ3n) is 3.90. The highest BCUT2D eigenvalue weighted by Gasteiger charge is 2.31. The molecule has 0 aromatic heterocycles. The van der Waals surface area contributed by atoms with Crippen molar-refractivity contribution in [2.75, 3.05) is 13.2 Å². The van der Waals surface area contributed by atoms with E-state index in [2.05, 4.69) is 12.2 Å². The number of ether oxygens (including phenoxy) is 1. The van der Waals surface area contributed by atoms with Gasteiger partial charge in [0.2, 0.25) is 0 Å². The van der Waals surface area contributed by atoms with Crippen LogP contribution in [-0.4, -0.2) is 19.3 Å². The van der Waals surface area contributed by atoms with Crippen molar-refractivity contribution in [3.8, 4) is 0 Å². The minimum atomic E-state index is -4.29. The van der Waals surface area contributed by atoms with Gasteiger partial charge >= 0.3 is 6.18 Å². The van der Waals surface area contributed by atoms with E-state index in [4.69, 9.17) is 4.74 Å². The molecule has 2 nitrogen and oxygen atoms in total. The minimum Gasteiger partial charge on any atom is -0.381 e. The third kappa shape index (κ3) is 3.73. The maximum Gasteiger partial charge on any atom is 0.416 e. The first-order valence-corrected chi connectivity index (χ1v) is 6.89. The Kier molecular flexibility index (Phi) is 4.70. The lowest BCUT2D eigenvalue weighted by Gasteiger charge is -2.24. The van der Waals surface area contributed by atoms with Crippen LogP contribution in [0.25, 0.3) is 0 Å². The molecule has 0 amide bonds. The molecule has 3 unspecified atom stereocenters. The molecule has 1 fully saturated rings. The molecule has 0 aliphatic carbocycles. The van der Waals surface area contributed by atoms with Gasteiger partial charge in [-0.1, -0.05) is 12.1 Å². The van der Waals surface area contributed by atoms with Gasteiger partial charge in [0.05, 0.1) is 12.2 Å². The molecule has 112 valence electrons. The number of halogens is 3. The monoisotopic (exact) mass is 287 g/mol. The van der Waals surface area contributed by atoms with Gasteiger partial charge in [-0.25, -0.2) is 0 Å². The van der Waals surface area contributed by atoms with Crippen LogP contribution in [0.1, 0.15) is 37.4 Å². The lowest BCUT2D eigenvalue weighted by atomic mass is 9.98. The average molecular weight is 287 g/mol. The molecule has 1 aliphatic rings. The minimum absolute atomic E-state index is 0.118. The van der Waals surface area contributed by atoms with E-state index in [-0.39, 0.29) is 12.1 Å². The molecule has 1 saturated heterocycles. The number of benzene rings is 1. The van der Waals surface area contributed by atoms with Gasteiger partial charge in [-0.15, -0.1) is 0 Å². The lowest BCUT2D eigenvalue weighted by Crippen LogP contribution is -2.35. The zero-order chi connectivity index (χ0) is 14.8. The molecule has 2 rings (SSSR count). The Morgan fingerprint density at radius 3 is 2.65 bits per heavy atom. The normalized spacial score (nSPS) is 22.8. The highest BCUT2D eigenvalue weighted by Crippen LogP contribution is 2.31. The smallest absolute Gasteiger partial charge is 0.381 e. The Bertz CT molecular complexity index is 441. The van der Waals surface area contributed by atoms with E-state index in [0.717, 1.165) is 25.7 Å². The first kappa shape index (κ1) is 15.3. The van der Waals surface area contributed by atoms with Crippen molar-refractivity contribution in [3.63, 3.8) is 0 Å². The van der Waals surface area contributed by atoms with Gasteiger partial charge in [0, 0.05) is 18.7 Å². The summed E-state index contributed by atoms with van der Waals surface area (Å²) in [5, 5.41) is 3.37. The highest BCUT2D eigenvalue weighted by molar-refractivity contribution is 5.27. The van der Waals surface area contributed by atoms with E-state index < -0.39 is 11.7 Å². The summed E-state index contributed by atoms with van der Waals surface area (Å²) in [6.45, 7) is 5.45. The number of nitrogens with one attached hydrogen (secondary N) is 1. The standard InChI is InChI=1S/C15H20F3NO/c1-10(19-11(2)13-6-7-20-9-13)12-4-3-5-14(8-12)15(16,17)18/h3-5,8,10-11,13,19H,6-7,9H2,1-2H3. The summed E-state index contributed by atoms with van der Waals surface area (Å²) < 4.78 is 43.4. The van der Waals surface area contributed by atoms with Crippen LogP contribution < -0.4 is 5.32 Å². The SMILES string of the molecule is CC(NC(C)C1CCOC1)c1cccc(C(F)(F)F)c1. The summed E-state index contributed by atoms with van der Waals surface area (Å²) in [5.41, 5.74) is 0.0612. The molecular formula is C15H20F3NO. The largest absolute Gasteiger partial charge is 0.416 e. The molecule has 0 saturated carbocycles. The predicted molar refractivity (Wildman–Crippen MR) is 71.4 cm³/mol. The van der Waals surface area contributed by atoms with Gasteiger partial charge in [-0.05, 0) is 43.9 Å². The van der Waals surface area contributed by atoms with Gasteiger partial charge in [0.1, 0.15) is 0 Å². The fourth-order valence-electron chi connectivity index (χ4n) is 2.56. The van der Waals surface area contributed by atoms with Gasteiger partial charge in [-0.3, -0.25) is 0 Å². The Morgan fingerprint density at radius 1 is 1.30 bits per heavy atom. The van der Waals surface area contributed by atoms with Crippen LogP contribution in [0.4, 0.5) is 13.2 Å². The molecule has 0 bridgehead atoms. The molecule has 0 spiro atoms. The van der Waals surface area contributed by atoms with Crippen molar-refractivity contribution in [2.45, 2.75) is 38.5 Å². The van der Waals surface area contributed by atoms with Crippen LogP contribution in [0.3, 0.4) is 0 Å². The van der Waals surface area contributed by atoms with Gasteiger partial charge in [-0.2, -0.15) is 13.2 Å². The number of rotatable bonds is 4. The van der Waals surface area contributed by atoms with Crippen molar-refractivity contribution >= 4 is 0 Å². The molecule has 1 aromatic carbocycles. The van der Waals surface area contributed by atoms with Gasteiger partial charge in [0.15, 0.2) is 0 Å². The Hall–Kier alpha value is -1.07. The quantitative estimate of drug-likeness (QED) is 0.910. The number of alkyl halides is 3. The second-order valence-electron chi connectivity index (χ2n) is 5.42. The maximum atomic E-state index is 12.7. The number of hydrogen-bond donors (Lipinski definition) is 1. The van der Waals surface area contributed by atoms with Crippen LogP contribution >= 0.6 is 0 Å². The third-order valence-corrected chi connectivity index (χ3v) is 3.90. The van der Waals surface area contributed by atoms with E-state index in [1.54, 1.807) is 6.07 Å². The molecule has 1 N–H and O–H groups in total. The second-order valence-corrected chi connectivity index (χ2v) is 5.42. The maximum absolute atomic E-state index is 12.7. The van der Waals surface area contributed by atoms with Crippen LogP contribution in [0.15, 0.2) is 24.3 Å². The first-order chi connectivity index (χ1) is 9.38. The van der Waals surface area contributed by atoms with Gasteiger partial charge < -0.3 is 10.1 Å². The lowest BCUT2D eigenvalue weighted by molar-refractivity contribution is -0.137. The predicted octanol–water partition coefficient (Wildman–Crippen LogP) is 3.78. The summed E-state index contributed by atoms with van der Waals surface area (Å²) in [6.07, 6.45) is -3.29. The molecule has 5 heteroatoms. The fourth-order valence-corrected chi connectivity index (χ4v) is 2.56. The van der Waals surface area contributed by atoms with Crippen LogP contribution in [0, 0.1) is 5.92 Å². The zero-order valence-electron chi connectivity index (χ0n) is 11.7. The van der Waals surface area contributed by atoms with Crippen molar-refractivity contribution < 1.29 is 17.9 Å². The summed E-state index contributed by atoms with van der Waals surface area (Å²) in [5.74, 6) is 0.434. The van der Waals surface area contributed by atoms with Crippen molar-refractivity contribution in [3.05, 3.63) is 35.4 Å². The fraction of sp³-hybridized carbons (Fsp3) is 0.600. The topological polar surface area (TPSA) is 21.3 Å². The van der Waals surface area contributed by atoms with Crippen molar-refractivity contribution in [2.24, 2.45) is 5.92 Å². The Labute approximate surface area is 117 Å². The van der Waals surface area contributed by atoms with Crippen molar-refractivity contribution in [1.82, 2.24) is 5.32 Å². The summed E-state index contributed by atoms with van der Waals surface area (Å²) >= 11 is 0. The van der Waals surface area contributed by atoms with Crippen LogP contribution in [0.2, 0.25) is 0 Å². The Morgan fingerprint density at radius 2 is 2.05 bits per heavy atom. The van der Waals surface area contributed by atoms with Gasteiger partial charge in [0.25, 0.3) is 0 Å². The van der Waals surface area contributed by atoms with E-state index in [9.17, 15) is 13.2 Å².